The number of rotatable bonds is 4. The van der Waals surface area contributed by atoms with Gasteiger partial charge in [0.05, 0.1) is 0 Å². The molecule has 1 N–H and O–H groups in total. The van der Waals surface area contributed by atoms with Crippen molar-refractivity contribution in [1.29, 1.82) is 0 Å². The lowest BCUT2D eigenvalue weighted by Crippen LogP contribution is -2.28. The second-order valence-corrected chi connectivity index (χ2v) is 5.77. The van der Waals surface area contributed by atoms with Crippen molar-refractivity contribution in [1.82, 2.24) is 9.97 Å². The van der Waals surface area contributed by atoms with Gasteiger partial charge in [-0.2, -0.15) is 4.98 Å². The first-order valence-corrected chi connectivity index (χ1v) is 7.33. The van der Waals surface area contributed by atoms with Crippen molar-refractivity contribution in [3.63, 3.8) is 0 Å². The molecule has 1 aliphatic rings. The predicted molar refractivity (Wildman–Crippen MR) is 77.6 cm³/mol. The number of anilines is 1. The Bertz CT molecular complexity index is 390. The molecule has 4 heteroatoms. The fraction of sp³-hybridized carbons (Fsp3) is 0.733. The molecule has 1 aromatic rings. The van der Waals surface area contributed by atoms with E-state index in [4.69, 9.17) is 4.74 Å². The quantitative estimate of drug-likeness (QED) is 0.905. The van der Waals surface area contributed by atoms with Crippen molar-refractivity contribution in [3.05, 3.63) is 11.9 Å². The number of aromatic nitrogens is 2. The van der Waals surface area contributed by atoms with Crippen molar-refractivity contribution in [3.8, 4) is 5.88 Å². The molecule has 4 nitrogen and oxygen atoms in total. The fourth-order valence-corrected chi connectivity index (χ4v) is 2.96. The van der Waals surface area contributed by atoms with Crippen LogP contribution in [0, 0.1) is 11.8 Å². The summed E-state index contributed by atoms with van der Waals surface area (Å²) in [6.07, 6.45) is 4.69. The van der Waals surface area contributed by atoms with Crippen molar-refractivity contribution in [2.45, 2.75) is 52.6 Å². The van der Waals surface area contributed by atoms with Gasteiger partial charge in [-0.25, -0.2) is 4.98 Å². The molecule has 19 heavy (non-hydrogen) atoms. The van der Waals surface area contributed by atoms with Crippen LogP contribution >= 0.6 is 0 Å². The standard InChI is InChI=1S/C15H25N3O/c1-5-13-17-14(16-4)9-15(18-13)19-12-7-10(2)6-11(3)8-12/h9-12H,5-8H2,1-4H3,(H,16,17,18). The summed E-state index contributed by atoms with van der Waals surface area (Å²) in [5, 5.41) is 3.07. The molecular weight excluding hydrogens is 238 g/mol. The molecule has 0 aromatic carbocycles. The normalized spacial score (nSPS) is 27.1. The van der Waals surface area contributed by atoms with E-state index in [1.165, 1.54) is 6.42 Å². The maximum Gasteiger partial charge on any atom is 0.218 e. The summed E-state index contributed by atoms with van der Waals surface area (Å²) in [4.78, 5) is 8.86. The van der Waals surface area contributed by atoms with E-state index < -0.39 is 0 Å². The molecule has 1 fully saturated rings. The lowest BCUT2D eigenvalue weighted by molar-refractivity contribution is 0.0964. The van der Waals surface area contributed by atoms with Gasteiger partial charge in [-0.1, -0.05) is 20.8 Å². The van der Waals surface area contributed by atoms with Crippen LogP contribution in [0.15, 0.2) is 6.07 Å². The first-order chi connectivity index (χ1) is 9.10. The van der Waals surface area contributed by atoms with Crippen LogP contribution < -0.4 is 10.1 Å². The Morgan fingerprint density at radius 1 is 1.21 bits per heavy atom. The smallest absolute Gasteiger partial charge is 0.218 e. The Kier molecular flexibility index (Phi) is 4.61. The molecule has 0 aliphatic heterocycles. The van der Waals surface area contributed by atoms with Crippen LogP contribution in [0.2, 0.25) is 0 Å². The number of nitrogens with one attached hydrogen (secondary N) is 1. The van der Waals surface area contributed by atoms with E-state index in [0.717, 1.165) is 42.7 Å². The van der Waals surface area contributed by atoms with E-state index in [2.05, 4.69) is 36.1 Å². The van der Waals surface area contributed by atoms with E-state index in [9.17, 15) is 0 Å². The monoisotopic (exact) mass is 263 g/mol. The molecule has 2 unspecified atom stereocenters. The highest BCUT2D eigenvalue weighted by molar-refractivity contribution is 5.37. The molecule has 0 bridgehead atoms. The summed E-state index contributed by atoms with van der Waals surface area (Å²) < 4.78 is 6.09. The average molecular weight is 263 g/mol. The maximum atomic E-state index is 6.09. The van der Waals surface area contributed by atoms with Crippen LogP contribution in [0.4, 0.5) is 5.82 Å². The summed E-state index contributed by atoms with van der Waals surface area (Å²) >= 11 is 0. The summed E-state index contributed by atoms with van der Waals surface area (Å²) in [5.41, 5.74) is 0. The van der Waals surface area contributed by atoms with Crippen LogP contribution in [0.1, 0.15) is 45.9 Å². The average Bonchev–Trinajstić information content (AvgIpc) is 2.37. The molecule has 1 heterocycles. The zero-order valence-electron chi connectivity index (χ0n) is 12.4. The van der Waals surface area contributed by atoms with Crippen molar-refractivity contribution < 1.29 is 4.74 Å². The molecule has 0 saturated heterocycles. The van der Waals surface area contributed by atoms with Crippen LogP contribution in [0.5, 0.6) is 5.88 Å². The highest BCUT2D eigenvalue weighted by Crippen LogP contribution is 2.31. The van der Waals surface area contributed by atoms with Crippen LogP contribution in [-0.4, -0.2) is 23.1 Å². The van der Waals surface area contributed by atoms with Crippen LogP contribution in [0.25, 0.3) is 0 Å². The fourth-order valence-electron chi connectivity index (χ4n) is 2.96. The largest absolute Gasteiger partial charge is 0.474 e. The van der Waals surface area contributed by atoms with Gasteiger partial charge >= 0.3 is 0 Å². The second kappa shape index (κ2) is 6.22. The lowest BCUT2D eigenvalue weighted by atomic mass is 9.82. The molecule has 2 rings (SSSR count). The van der Waals surface area contributed by atoms with E-state index >= 15 is 0 Å². The topological polar surface area (TPSA) is 47.0 Å². The van der Waals surface area contributed by atoms with E-state index in [0.29, 0.717) is 12.0 Å². The number of nitrogens with zero attached hydrogens (tertiary/aromatic N) is 2. The Balaban J connectivity index is 2.09. The highest BCUT2D eigenvalue weighted by Gasteiger charge is 2.25. The molecule has 2 atom stereocenters. The Morgan fingerprint density at radius 2 is 1.89 bits per heavy atom. The van der Waals surface area contributed by atoms with Gasteiger partial charge in [0.1, 0.15) is 17.7 Å². The van der Waals surface area contributed by atoms with Gasteiger partial charge in [0, 0.05) is 19.5 Å². The predicted octanol–water partition coefficient (Wildman–Crippen LogP) is 3.28. The summed E-state index contributed by atoms with van der Waals surface area (Å²) in [6, 6.07) is 1.89. The van der Waals surface area contributed by atoms with E-state index in [1.807, 2.05) is 13.1 Å². The van der Waals surface area contributed by atoms with Crippen LogP contribution in [0.3, 0.4) is 0 Å². The van der Waals surface area contributed by atoms with Gasteiger partial charge in [0.25, 0.3) is 0 Å². The van der Waals surface area contributed by atoms with Gasteiger partial charge in [0.2, 0.25) is 5.88 Å². The second-order valence-electron chi connectivity index (χ2n) is 5.77. The third kappa shape index (κ3) is 3.82. The Hall–Kier alpha value is -1.32. The van der Waals surface area contributed by atoms with Gasteiger partial charge in [0.15, 0.2) is 0 Å². The van der Waals surface area contributed by atoms with E-state index in [1.54, 1.807) is 0 Å². The minimum Gasteiger partial charge on any atom is -0.474 e. The minimum atomic E-state index is 0.295. The molecule has 1 aliphatic carbocycles. The molecule has 106 valence electrons. The zero-order valence-corrected chi connectivity index (χ0v) is 12.4. The molecule has 0 radical (unpaired) electrons. The third-order valence-corrected chi connectivity index (χ3v) is 3.74. The maximum absolute atomic E-state index is 6.09. The molecule has 0 spiro atoms. The number of aryl methyl sites for hydroxylation is 1. The lowest BCUT2D eigenvalue weighted by Gasteiger charge is -2.31. The van der Waals surface area contributed by atoms with Crippen molar-refractivity contribution >= 4 is 5.82 Å². The minimum absolute atomic E-state index is 0.295. The van der Waals surface area contributed by atoms with Gasteiger partial charge in [-0.3, -0.25) is 0 Å². The van der Waals surface area contributed by atoms with Gasteiger partial charge in [-0.05, 0) is 31.1 Å². The molecular formula is C15H25N3O. The summed E-state index contributed by atoms with van der Waals surface area (Å²) in [7, 11) is 1.87. The van der Waals surface area contributed by atoms with E-state index in [-0.39, 0.29) is 0 Å². The van der Waals surface area contributed by atoms with Crippen molar-refractivity contribution in [2.75, 3.05) is 12.4 Å². The van der Waals surface area contributed by atoms with Crippen LogP contribution in [-0.2, 0) is 6.42 Å². The van der Waals surface area contributed by atoms with Gasteiger partial charge in [-0.15, -0.1) is 0 Å². The third-order valence-electron chi connectivity index (χ3n) is 3.74. The summed E-state index contributed by atoms with van der Waals surface area (Å²) in [6.45, 7) is 6.67. The first-order valence-electron chi connectivity index (χ1n) is 7.33. The summed E-state index contributed by atoms with van der Waals surface area (Å²) in [5.74, 6) is 3.86. The Labute approximate surface area is 116 Å². The highest BCUT2D eigenvalue weighted by atomic mass is 16.5. The molecule has 1 aromatic heterocycles. The van der Waals surface area contributed by atoms with Gasteiger partial charge < -0.3 is 10.1 Å². The number of hydrogen-bond donors (Lipinski definition) is 1. The zero-order chi connectivity index (χ0) is 13.8. The number of ether oxygens (including phenoxy) is 1. The Morgan fingerprint density at radius 3 is 2.47 bits per heavy atom. The molecule has 1 saturated carbocycles. The SMILES string of the molecule is CCc1nc(NC)cc(OC2CC(C)CC(C)C2)n1. The molecule has 0 amide bonds. The van der Waals surface area contributed by atoms with Crippen molar-refractivity contribution in [2.24, 2.45) is 11.8 Å². The number of hydrogen-bond acceptors (Lipinski definition) is 4. The first kappa shape index (κ1) is 14.1.